The molecule has 3 aromatic carbocycles. The smallest absolute Gasteiger partial charge is 0.196 e. The summed E-state index contributed by atoms with van der Waals surface area (Å²) >= 11 is 0. The maximum absolute atomic E-state index is 13.8. The van der Waals surface area contributed by atoms with Crippen LogP contribution in [0.1, 0.15) is 21.5 Å². The molecule has 0 aromatic heterocycles. The van der Waals surface area contributed by atoms with Gasteiger partial charge >= 0.3 is 0 Å². The Labute approximate surface area is 120 Å². The molecule has 0 spiro atoms. The Balaban J connectivity index is 2.21. The first-order valence-electron chi connectivity index (χ1n) is 6.56. The number of rotatable bonds is 2. The highest BCUT2D eigenvalue weighted by Crippen LogP contribution is 2.25. The average Bonchev–Trinajstić information content (AvgIpc) is 2.47. The summed E-state index contributed by atoms with van der Waals surface area (Å²) in [6.07, 6.45) is 0. The Hall–Kier alpha value is -2.55. The SMILES string of the molecule is Cc1ccc(C(=O)c2ccc(F)cc2F)c2ccccc12. The van der Waals surface area contributed by atoms with Crippen molar-refractivity contribution in [2.45, 2.75) is 6.92 Å². The van der Waals surface area contributed by atoms with E-state index in [1.807, 2.05) is 37.3 Å². The molecule has 1 nitrogen and oxygen atoms in total. The molecular formula is C18H12F2O. The van der Waals surface area contributed by atoms with Gasteiger partial charge in [0.1, 0.15) is 11.6 Å². The lowest BCUT2D eigenvalue weighted by Crippen LogP contribution is -2.05. The van der Waals surface area contributed by atoms with Gasteiger partial charge in [-0.1, -0.05) is 36.4 Å². The summed E-state index contributed by atoms with van der Waals surface area (Å²) in [5.41, 5.74) is 1.34. The van der Waals surface area contributed by atoms with E-state index in [0.717, 1.165) is 28.5 Å². The number of carbonyl (C=O) groups is 1. The van der Waals surface area contributed by atoms with Crippen LogP contribution >= 0.6 is 0 Å². The molecule has 0 aliphatic heterocycles. The van der Waals surface area contributed by atoms with Gasteiger partial charge in [-0.25, -0.2) is 8.78 Å². The van der Waals surface area contributed by atoms with Gasteiger partial charge < -0.3 is 0 Å². The number of aryl methyl sites for hydroxylation is 1. The lowest BCUT2D eigenvalue weighted by atomic mass is 9.94. The predicted molar refractivity (Wildman–Crippen MR) is 78.5 cm³/mol. The van der Waals surface area contributed by atoms with E-state index < -0.39 is 17.4 Å². The van der Waals surface area contributed by atoms with Crippen LogP contribution < -0.4 is 0 Å². The maximum Gasteiger partial charge on any atom is 0.196 e. The minimum absolute atomic E-state index is 0.120. The summed E-state index contributed by atoms with van der Waals surface area (Å²) in [6.45, 7) is 1.95. The van der Waals surface area contributed by atoms with Gasteiger partial charge in [-0.3, -0.25) is 4.79 Å². The van der Waals surface area contributed by atoms with Crippen LogP contribution in [0.5, 0.6) is 0 Å². The molecule has 0 aliphatic carbocycles. The Bertz CT molecular complexity index is 853. The molecule has 0 unspecified atom stereocenters. The fraction of sp³-hybridized carbons (Fsp3) is 0.0556. The lowest BCUT2D eigenvalue weighted by Gasteiger charge is -2.09. The highest BCUT2D eigenvalue weighted by atomic mass is 19.1. The fourth-order valence-corrected chi connectivity index (χ4v) is 2.47. The second kappa shape index (κ2) is 5.09. The van der Waals surface area contributed by atoms with Crippen LogP contribution in [0.3, 0.4) is 0 Å². The first kappa shape index (κ1) is 13.4. The molecule has 0 fully saturated rings. The zero-order chi connectivity index (χ0) is 15.0. The number of carbonyl (C=O) groups excluding carboxylic acids is 1. The molecule has 104 valence electrons. The van der Waals surface area contributed by atoms with Gasteiger partial charge in [-0.2, -0.15) is 0 Å². The van der Waals surface area contributed by atoms with Crippen molar-refractivity contribution in [1.82, 2.24) is 0 Å². The van der Waals surface area contributed by atoms with Crippen LogP contribution in [-0.2, 0) is 0 Å². The van der Waals surface area contributed by atoms with Crippen LogP contribution in [0.25, 0.3) is 10.8 Å². The quantitative estimate of drug-likeness (QED) is 0.625. The van der Waals surface area contributed by atoms with E-state index in [1.165, 1.54) is 6.07 Å². The third-order valence-electron chi connectivity index (χ3n) is 3.56. The summed E-state index contributed by atoms with van der Waals surface area (Å²) in [5, 5.41) is 1.72. The standard InChI is InChI=1S/C18H12F2O/c1-11-6-8-15(14-5-3-2-4-13(11)14)18(21)16-9-7-12(19)10-17(16)20/h2-10H,1H3. The zero-order valence-corrected chi connectivity index (χ0v) is 11.4. The molecule has 0 atom stereocenters. The van der Waals surface area contributed by atoms with E-state index in [9.17, 15) is 13.6 Å². The van der Waals surface area contributed by atoms with Gasteiger partial charge in [-0.05, 0) is 35.4 Å². The van der Waals surface area contributed by atoms with E-state index in [0.29, 0.717) is 5.56 Å². The molecule has 0 aliphatic rings. The fourth-order valence-electron chi connectivity index (χ4n) is 2.47. The number of hydrogen-bond acceptors (Lipinski definition) is 1. The van der Waals surface area contributed by atoms with Crippen molar-refractivity contribution in [2.75, 3.05) is 0 Å². The van der Waals surface area contributed by atoms with Gasteiger partial charge in [0.15, 0.2) is 5.78 Å². The Morgan fingerprint density at radius 3 is 2.24 bits per heavy atom. The monoisotopic (exact) mass is 282 g/mol. The molecule has 0 radical (unpaired) electrons. The van der Waals surface area contributed by atoms with E-state index >= 15 is 0 Å². The predicted octanol–water partition coefficient (Wildman–Crippen LogP) is 4.66. The molecule has 3 rings (SSSR count). The minimum Gasteiger partial charge on any atom is -0.288 e. The average molecular weight is 282 g/mol. The second-order valence-corrected chi connectivity index (χ2v) is 4.93. The molecule has 0 amide bonds. The number of halogens is 2. The molecule has 0 saturated heterocycles. The maximum atomic E-state index is 13.8. The van der Waals surface area contributed by atoms with Crippen molar-refractivity contribution in [3.05, 3.63) is 82.9 Å². The van der Waals surface area contributed by atoms with Crippen LogP contribution in [0.15, 0.2) is 54.6 Å². The molecule has 0 bridgehead atoms. The molecule has 3 heteroatoms. The molecule has 3 aromatic rings. The first-order chi connectivity index (χ1) is 10.1. The molecular weight excluding hydrogens is 270 g/mol. The number of hydrogen-bond donors (Lipinski definition) is 0. The summed E-state index contributed by atoms with van der Waals surface area (Å²) < 4.78 is 26.8. The van der Waals surface area contributed by atoms with Crippen LogP contribution in [-0.4, -0.2) is 5.78 Å². The molecule has 21 heavy (non-hydrogen) atoms. The van der Waals surface area contributed by atoms with Crippen molar-refractivity contribution in [2.24, 2.45) is 0 Å². The van der Waals surface area contributed by atoms with Gasteiger partial charge in [0, 0.05) is 11.6 Å². The largest absolute Gasteiger partial charge is 0.288 e. The van der Waals surface area contributed by atoms with Gasteiger partial charge in [-0.15, -0.1) is 0 Å². The van der Waals surface area contributed by atoms with Gasteiger partial charge in [0.05, 0.1) is 5.56 Å². The topological polar surface area (TPSA) is 17.1 Å². The highest BCUT2D eigenvalue weighted by Gasteiger charge is 2.17. The van der Waals surface area contributed by atoms with Gasteiger partial charge in [0.25, 0.3) is 0 Å². The number of fused-ring (bicyclic) bond motifs is 1. The number of benzene rings is 3. The van der Waals surface area contributed by atoms with Crippen molar-refractivity contribution in [3.8, 4) is 0 Å². The van der Waals surface area contributed by atoms with Crippen molar-refractivity contribution in [1.29, 1.82) is 0 Å². The van der Waals surface area contributed by atoms with E-state index in [4.69, 9.17) is 0 Å². The van der Waals surface area contributed by atoms with Crippen LogP contribution in [0.2, 0.25) is 0 Å². The third-order valence-corrected chi connectivity index (χ3v) is 3.56. The van der Waals surface area contributed by atoms with Crippen LogP contribution in [0.4, 0.5) is 8.78 Å². The van der Waals surface area contributed by atoms with E-state index in [1.54, 1.807) is 6.07 Å². The van der Waals surface area contributed by atoms with E-state index in [-0.39, 0.29) is 5.56 Å². The molecule has 0 saturated carbocycles. The minimum atomic E-state index is -0.843. The summed E-state index contributed by atoms with van der Waals surface area (Å²) in [5.74, 6) is -1.98. The normalized spacial score (nSPS) is 10.8. The van der Waals surface area contributed by atoms with Gasteiger partial charge in [0.2, 0.25) is 0 Å². The van der Waals surface area contributed by atoms with Crippen molar-refractivity contribution in [3.63, 3.8) is 0 Å². The highest BCUT2D eigenvalue weighted by molar-refractivity contribution is 6.16. The molecule has 0 N–H and O–H groups in total. The lowest BCUT2D eigenvalue weighted by molar-refractivity contribution is 0.103. The van der Waals surface area contributed by atoms with Crippen molar-refractivity contribution >= 4 is 16.6 Å². The Morgan fingerprint density at radius 2 is 1.52 bits per heavy atom. The second-order valence-electron chi connectivity index (χ2n) is 4.93. The third kappa shape index (κ3) is 2.31. The summed E-state index contributed by atoms with van der Waals surface area (Å²) in [4.78, 5) is 12.5. The van der Waals surface area contributed by atoms with Crippen LogP contribution in [0, 0.1) is 18.6 Å². The Morgan fingerprint density at radius 1 is 0.857 bits per heavy atom. The number of ketones is 1. The van der Waals surface area contributed by atoms with E-state index in [2.05, 4.69) is 0 Å². The summed E-state index contributed by atoms with van der Waals surface area (Å²) in [7, 11) is 0. The molecule has 0 heterocycles. The summed E-state index contributed by atoms with van der Waals surface area (Å²) in [6, 6.07) is 14.0. The first-order valence-corrected chi connectivity index (χ1v) is 6.56. The zero-order valence-electron chi connectivity index (χ0n) is 11.4. The van der Waals surface area contributed by atoms with Crippen molar-refractivity contribution < 1.29 is 13.6 Å². The Kier molecular flexibility index (Phi) is 3.26.